The Morgan fingerprint density at radius 3 is 2.76 bits per heavy atom. The van der Waals surface area contributed by atoms with E-state index in [1.165, 1.54) is 0 Å². The van der Waals surface area contributed by atoms with Crippen LogP contribution in [0.25, 0.3) is 22.9 Å². The molecule has 0 aliphatic carbocycles. The first-order valence-electron chi connectivity index (χ1n) is 9.32. The maximum absolute atomic E-state index is 12.6. The first-order chi connectivity index (χ1) is 14.1. The lowest BCUT2D eigenvalue weighted by atomic mass is 10.0. The molecule has 0 unspecified atom stereocenters. The van der Waals surface area contributed by atoms with Crippen molar-refractivity contribution >= 4 is 29.3 Å². The minimum absolute atomic E-state index is 0.169. The van der Waals surface area contributed by atoms with Gasteiger partial charge in [0.1, 0.15) is 5.75 Å². The quantitative estimate of drug-likeness (QED) is 0.549. The van der Waals surface area contributed by atoms with E-state index in [-0.39, 0.29) is 11.9 Å². The number of ether oxygens (including phenoxy) is 2. The van der Waals surface area contributed by atoms with Gasteiger partial charge in [-0.05, 0) is 34.9 Å². The maximum atomic E-state index is 12.6. The SMILES string of the molecule is COc1cccc(-c2ccc3c(c2)NC(=O)C3=Cn2cc3c(c2)C(=O)OCC3)c1. The van der Waals surface area contributed by atoms with Crippen molar-refractivity contribution in [3.63, 3.8) is 0 Å². The van der Waals surface area contributed by atoms with Crippen LogP contribution in [0.15, 0.2) is 54.9 Å². The lowest BCUT2D eigenvalue weighted by Crippen LogP contribution is -2.15. The van der Waals surface area contributed by atoms with Crippen LogP contribution in [0.4, 0.5) is 5.69 Å². The van der Waals surface area contributed by atoms with Crippen LogP contribution in [0.3, 0.4) is 0 Å². The van der Waals surface area contributed by atoms with Crippen molar-refractivity contribution in [3.05, 3.63) is 71.5 Å². The smallest absolute Gasteiger partial charge is 0.339 e. The van der Waals surface area contributed by atoms with Crippen molar-refractivity contribution in [2.45, 2.75) is 6.42 Å². The van der Waals surface area contributed by atoms with Gasteiger partial charge in [-0.1, -0.05) is 24.3 Å². The molecule has 0 bridgehead atoms. The number of rotatable bonds is 3. The highest BCUT2D eigenvalue weighted by Gasteiger charge is 2.26. The summed E-state index contributed by atoms with van der Waals surface area (Å²) in [6, 6.07) is 13.7. The Morgan fingerprint density at radius 1 is 1.07 bits per heavy atom. The van der Waals surface area contributed by atoms with Gasteiger partial charge in [-0.3, -0.25) is 4.79 Å². The lowest BCUT2D eigenvalue weighted by molar-refractivity contribution is -0.110. The van der Waals surface area contributed by atoms with E-state index in [9.17, 15) is 9.59 Å². The van der Waals surface area contributed by atoms with Gasteiger partial charge in [-0.2, -0.15) is 0 Å². The highest BCUT2D eigenvalue weighted by Crippen LogP contribution is 2.36. The Labute approximate surface area is 167 Å². The van der Waals surface area contributed by atoms with Crippen LogP contribution < -0.4 is 10.1 Å². The fourth-order valence-electron chi connectivity index (χ4n) is 3.76. The molecule has 2 aromatic carbocycles. The molecule has 5 rings (SSSR count). The average Bonchev–Trinajstić information content (AvgIpc) is 3.29. The standard InChI is InChI=1S/C23H18N2O4/c1-28-17-4-2-3-14(9-17)15-5-6-18-20(22(26)24-21(18)10-15)13-25-11-16-7-8-29-23(27)19(16)12-25/h2-6,9-13H,7-8H2,1H3,(H,24,26). The Bertz CT molecular complexity index is 1190. The molecule has 6 heteroatoms. The van der Waals surface area contributed by atoms with E-state index in [4.69, 9.17) is 9.47 Å². The average molecular weight is 386 g/mol. The predicted octanol–water partition coefficient (Wildman–Crippen LogP) is 3.83. The number of aromatic nitrogens is 1. The van der Waals surface area contributed by atoms with Gasteiger partial charge >= 0.3 is 5.97 Å². The molecule has 144 valence electrons. The number of nitrogens with one attached hydrogen (secondary N) is 1. The van der Waals surface area contributed by atoms with E-state index in [1.54, 1.807) is 24.1 Å². The Balaban J connectivity index is 1.51. The third-order valence-corrected chi connectivity index (χ3v) is 5.24. The molecule has 6 nitrogen and oxygen atoms in total. The summed E-state index contributed by atoms with van der Waals surface area (Å²) < 4.78 is 12.1. The Kier molecular flexibility index (Phi) is 3.98. The summed E-state index contributed by atoms with van der Waals surface area (Å²) in [4.78, 5) is 24.5. The fourth-order valence-corrected chi connectivity index (χ4v) is 3.76. The summed E-state index contributed by atoms with van der Waals surface area (Å²) in [6.45, 7) is 0.392. The fraction of sp³-hybridized carbons (Fsp3) is 0.130. The summed E-state index contributed by atoms with van der Waals surface area (Å²) in [5, 5.41) is 2.93. The number of esters is 1. The van der Waals surface area contributed by atoms with Crippen LogP contribution >= 0.6 is 0 Å². The molecule has 0 atom stereocenters. The summed E-state index contributed by atoms with van der Waals surface area (Å²) in [5.74, 6) is 0.294. The number of fused-ring (bicyclic) bond motifs is 2. The van der Waals surface area contributed by atoms with Crippen LogP contribution in [0.1, 0.15) is 21.5 Å². The van der Waals surface area contributed by atoms with Crippen molar-refractivity contribution in [1.82, 2.24) is 4.57 Å². The van der Waals surface area contributed by atoms with Crippen LogP contribution in [-0.2, 0) is 16.0 Å². The van der Waals surface area contributed by atoms with E-state index in [2.05, 4.69) is 5.32 Å². The van der Waals surface area contributed by atoms with E-state index in [1.807, 2.05) is 48.7 Å². The first kappa shape index (κ1) is 17.3. The van der Waals surface area contributed by atoms with E-state index in [0.717, 1.165) is 33.7 Å². The molecule has 1 amide bonds. The second-order valence-electron chi connectivity index (χ2n) is 7.02. The second-order valence-corrected chi connectivity index (χ2v) is 7.02. The van der Waals surface area contributed by atoms with Gasteiger partial charge in [0, 0.05) is 36.3 Å². The number of hydrogen-bond acceptors (Lipinski definition) is 4. The molecular formula is C23H18N2O4. The molecule has 29 heavy (non-hydrogen) atoms. The number of nitrogens with zero attached hydrogens (tertiary/aromatic N) is 1. The number of amides is 1. The van der Waals surface area contributed by atoms with Crippen LogP contribution in [0.5, 0.6) is 5.75 Å². The number of benzene rings is 2. The van der Waals surface area contributed by atoms with Gasteiger partial charge in [0.2, 0.25) is 0 Å². The first-order valence-corrected chi connectivity index (χ1v) is 9.32. The van der Waals surface area contributed by atoms with Gasteiger partial charge in [0.15, 0.2) is 0 Å². The molecule has 1 aromatic heterocycles. The number of anilines is 1. The number of hydrogen-bond donors (Lipinski definition) is 1. The number of methoxy groups -OCH3 is 1. The van der Waals surface area contributed by atoms with Crippen molar-refractivity contribution in [2.24, 2.45) is 0 Å². The molecular weight excluding hydrogens is 368 g/mol. The third-order valence-electron chi connectivity index (χ3n) is 5.24. The molecule has 0 radical (unpaired) electrons. The van der Waals surface area contributed by atoms with Crippen molar-refractivity contribution in [3.8, 4) is 16.9 Å². The zero-order valence-corrected chi connectivity index (χ0v) is 15.8. The Hall–Kier alpha value is -3.80. The van der Waals surface area contributed by atoms with Gasteiger partial charge in [0.05, 0.1) is 24.9 Å². The van der Waals surface area contributed by atoms with Crippen LogP contribution in [0, 0.1) is 0 Å². The molecule has 0 spiro atoms. The van der Waals surface area contributed by atoms with Crippen molar-refractivity contribution in [1.29, 1.82) is 0 Å². The monoisotopic (exact) mass is 386 g/mol. The summed E-state index contributed by atoms with van der Waals surface area (Å²) in [5.41, 5.74) is 5.63. The zero-order valence-electron chi connectivity index (χ0n) is 15.8. The molecule has 2 aliphatic rings. The number of cyclic esters (lactones) is 1. The summed E-state index contributed by atoms with van der Waals surface area (Å²) in [7, 11) is 1.64. The normalized spacial score (nSPS) is 16.2. The van der Waals surface area contributed by atoms with E-state index in [0.29, 0.717) is 24.2 Å². The molecule has 2 aliphatic heterocycles. The molecule has 0 fully saturated rings. The van der Waals surface area contributed by atoms with E-state index >= 15 is 0 Å². The topological polar surface area (TPSA) is 69.6 Å². The summed E-state index contributed by atoms with van der Waals surface area (Å²) >= 11 is 0. The number of carbonyl (C=O) groups is 2. The molecule has 3 aromatic rings. The van der Waals surface area contributed by atoms with Gasteiger partial charge in [-0.25, -0.2) is 4.79 Å². The third kappa shape index (κ3) is 2.99. The van der Waals surface area contributed by atoms with Crippen molar-refractivity contribution < 1.29 is 19.1 Å². The molecule has 3 heterocycles. The highest BCUT2D eigenvalue weighted by molar-refractivity contribution is 6.34. The molecule has 0 saturated carbocycles. The molecule has 1 N–H and O–H groups in total. The predicted molar refractivity (Wildman–Crippen MR) is 110 cm³/mol. The van der Waals surface area contributed by atoms with Gasteiger partial charge in [-0.15, -0.1) is 0 Å². The largest absolute Gasteiger partial charge is 0.497 e. The second kappa shape index (κ2) is 6.67. The van der Waals surface area contributed by atoms with Gasteiger partial charge < -0.3 is 19.4 Å². The highest BCUT2D eigenvalue weighted by atomic mass is 16.5. The van der Waals surface area contributed by atoms with Crippen LogP contribution in [-0.4, -0.2) is 30.2 Å². The molecule has 0 saturated heterocycles. The minimum Gasteiger partial charge on any atom is -0.497 e. The number of carbonyl (C=O) groups excluding carboxylic acids is 2. The van der Waals surface area contributed by atoms with E-state index < -0.39 is 0 Å². The Morgan fingerprint density at radius 2 is 1.93 bits per heavy atom. The lowest BCUT2D eigenvalue weighted by Gasteiger charge is -2.09. The summed E-state index contributed by atoms with van der Waals surface area (Å²) in [6.07, 6.45) is 6.01. The van der Waals surface area contributed by atoms with Gasteiger partial charge in [0.25, 0.3) is 5.91 Å². The zero-order chi connectivity index (χ0) is 20.0. The van der Waals surface area contributed by atoms with Crippen LogP contribution in [0.2, 0.25) is 0 Å². The van der Waals surface area contributed by atoms with Crippen molar-refractivity contribution in [2.75, 3.05) is 19.0 Å². The minimum atomic E-state index is -0.317. The maximum Gasteiger partial charge on any atom is 0.339 e.